The first-order valence-electron chi connectivity index (χ1n) is 7.30. The average molecular weight is 276 g/mol. The molecule has 2 fully saturated rings. The van der Waals surface area contributed by atoms with Crippen molar-refractivity contribution in [3.63, 3.8) is 0 Å². The molecule has 0 radical (unpaired) electrons. The molecule has 4 atom stereocenters. The van der Waals surface area contributed by atoms with Gasteiger partial charge in [-0.15, -0.1) is 0 Å². The molecule has 1 aromatic carbocycles. The Morgan fingerprint density at radius 3 is 2.47 bits per heavy atom. The van der Waals surface area contributed by atoms with E-state index in [1.807, 2.05) is 11.8 Å². The van der Waals surface area contributed by atoms with Gasteiger partial charge < -0.3 is 5.11 Å². The lowest BCUT2D eigenvalue weighted by atomic mass is 9.70. The van der Waals surface area contributed by atoms with Crippen LogP contribution in [0.2, 0.25) is 0 Å². The number of aliphatic hydroxyl groups excluding tert-OH is 1. The van der Waals surface area contributed by atoms with Gasteiger partial charge in [-0.25, -0.2) is 0 Å². The van der Waals surface area contributed by atoms with Gasteiger partial charge in [-0.3, -0.25) is 0 Å². The molecule has 0 aliphatic heterocycles. The molecule has 2 saturated carbocycles. The first-order chi connectivity index (χ1) is 8.97. The van der Waals surface area contributed by atoms with E-state index in [-0.39, 0.29) is 16.9 Å². The summed E-state index contributed by atoms with van der Waals surface area (Å²) in [5, 5.41) is 11.1. The van der Waals surface area contributed by atoms with E-state index in [0.29, 0.717) is 11.2 Å². The Morgan fingerprint density at radius 2 is 1.89 bits per heavy atom. The maximum atomic E-state index is 10.7. The summed E-state index contributed by atoms with van der Waals surface area (Å²) in [7, 11) is 0. The standard InChI is InChI=1S/C17H24OS/c1-16(2)13-9-10-17(16,3)15(18)14(13)19-11-12-7-5-4-6-8-12/h4-8,13-15,18H,9-11H2,1-3H3/t13?,14-,15-,17+/m1/s1. The molecule has 0 heterocycles. The second-order valence-electron chi connectivity index (χ2n) is 6.99. The smallest absolute Gasteiger partial charge is 0.0720 e. The van der Waals surface area contributed by atoms with Crippen LogP contribution in [-0.2, 0) is 5.75 Å². The number of thioether (sulfide) groups is 1. The van der Waals surface area contributed by atoms with Crippen molar-refractivity contribution in [3.05, 3.63) is 35.9 Å². The van der Waals surface area contributed by atoms with E-state index >= 15 is 0 Å². The number of hydrogen-bond acceptors (Lipinski definition) is 2. The fourth-order valence-corrected chi connectivity index (χ4v) is 5.99. The van der Waals surface area contributed by atoms with Crippen LogP contribution >= 0.6 is 11.8 Å². The van der Waals surface area contributed by atoms with Crippen LogP contribution in [0, 0.1) is 16.7 Å². The maximum absolute atomic E-state index is 10.7. The van der Waals surface area contributed by atoms with Gasteiger partial charge in [0.25, 0.3) is 0 Å². The van der Waals surface area contributed by atoms with Crippen molar-refractivity contribution < 1.29 is 5.11 Å². The molecule has 1 unspecified atom stereocenters. The summed E-state index contributed by atoms with van der Waals surface area (Å²) >= 11 is 1.96. The molecule has 0 aromatic heterocycles. The third-order valence-electron chi connectivity index (χ3n) is 6.02. The highest BCUT2D eigenvalue weighted by atomic mass is 32.2. The summed E-state index contributed by atoms with van der Waals surface area (Å²) in [5.74, 6) is 1.69. The summed E-state index contributed by atoms with van der Waals surface area (Å²) in [6.07, 6.45) is 2.33. The maximum Gasteiger partial charge on any atom is 0.0720 e. The van der Waals surface area contributed by atoms with Crippen molar-refractivity contribution in [3.8, 4) is 0 Å². The lowest BCUT2D eigenvalue weighted by Crippen LogP contribution is -2.38. The minimum atomic E-state index is -0.144. The molecule has 0 saturated heterocycles. The van der Waals surface area contributed by atoms with Crippen LogP contribution in [0.1, 0.15) is 39.2 Å². The zero-order valence-electron chi connectivity index (χ0n) is 12.1. The van der Waals surface area contributed by atoms with Crippen molar-refractivity contribution in [2.75, 3.05) is 0 Å². The van der Waals surface area contributed by atoms with Gasteiger partial charge in [-0.2, -0.15) is 11.8 Å². The second kappa shape index (κ2) is 4.53. The van der Waals surface area contributed by atoms with Crippen molar-refractivity contribution >= 4 is 11.8 Å². The topological polar surface area (TPSA) is 20.2 Å². The van der Waals surface area contributed by atoms with Crippen LogP contribution in [0.3, 0.4) is 0 Å². The van der Waals surface area contributed by atoms with Crippen LogP contribution in [0.4, 0.5) is 0 Å². The fourth-order valence-electron chi connectivity index (χ4n) is 4.22. The third kappa shape index (κ3) is 1.87. The average Bonchev–Trinajstić information content (AvgIpc) is 2.70. The van der Waals surface area contributed by atoms with Gasteiger partial charge in [-0.05, 0) is 35.2 Å². The van der Waals surface area contributed by atoms with Crippen molar-refractivity contribution in [2.24, 2.45) is 16.7 Å². The number of hydrogen-bond donors (Lipinski definition) is 1. The number of benzene rings is 1. The van der Waals surface area contributed by atoms with Gasteiger partial charge in [0.2, 0.25) is 0 Å². The van der Waals surface area contributed by atoms with E-state index in [2.05, 4.69) is 51.1 Å². The Morgan fingerprint density at radius 1 is 1.21 bits per heavy atom. The van der Waals surface area contributed by atoms with Crippen LogP contribution in [0.25, 0.3) is 0 Å². The molecule has 3 rings (SSSR count). The highest BCUT2D eigenvalue weighted by Gasteiger charge is 2.65. The molecule has 2 aliphatic carbocycles. The van der Waals surface area contributed by atoms with E-state index < -0.39 is 0 Å². The third-order valence-corrected chi connectivity index (χ3v) is 7.49. The van der Waals surface area contributed by atoms with Gasteiger partial charge >= 0.3 is 0 Å². The normalized spacial score (nSPS) is 39.7. The van der Waals surface area contributed by atoms with Gasteiger partial charge in [-0.1, -0.05) is 51.1 Å². The van der Waals surface area contributed by atoms with Gasteiger partial charge in [0.15, 0.2) is 0 Å². The molecule has 1 nitrogen and oxygen atoms in total. The minimum absolute atomic E-state index is 0.117. The number of fused-ring (bicyclic) bond motifs is 2. The molecule has 0 spiro atoms. The fraction of sp³-hybridized carbons (Fsp3) is 0.647. The van der Waals surface area contributed by atoms with E-state index in [1.54, 1.807) is 0 Å². The largest absolute Gasteiger partial charge is 0.391 e. The van der Waals surface area contributed by atoms with E-state index in [0.717, 1.165) is 5.75 Å². The summed E-state index contributed by atoms with van der Waals surface area (Å²) in [6.45, 7) is 7.01. The summed E-state index contributed by atoms with van der Waals surface area (Å²) < 4.78 is 0. The molecule has 1 N–H and O–H groups in total. The summed E-state index contributed by atoms with van der Waals surface area (Å²) in [5.41, 5.74) is 1.76. The molecule has 2 heteroatoms. The van der Waals surface area contributed by atoms with Crippen LogP contribution in [-0.4, -0.2) is 16.5 Å². The monoisotopic (exact) mass is 276 g/mol. The predicted molar refractivity (Wildman–Crippen MR) is 82.1 cm³/mol. The molecule has 2 bridgehead atoms. The predicted octanol–water partition coefficient (Wildman–Crippen LogP) is 4.11. The first-order valence-corrected chi connectivity index (χ1v) is 8.35. The Labute approximate surface area is 120 Å². The van der Waals surface area contributed by atoms with Crippen molar-refractivity contribution in [2.45, 2.75) is 50.7 Å². The van der Waals surface area contributed by atoms with Gasteiger partial charge in [0, 0.05) is 11.0 Å². The molecule has 19 heavy (non-hydrogen) atoms. The highest BCUT2D eigenvalue weighted by molar-refractivity contribution is 7.99. The van der Waals surface area contributed by atoms with E-state index in [9.17, 15) is 5.11 Å². The Balaban J connectivity index is 1.74. The lowest BCUT2D eigenvalue weighted by Gasteiger charge is -2.37. The SMILES string of the molecule is CC1(C)C2CC[C@@]1(C)[C@H](O)[C@@H]2SCc1ccccc1. The van der Waals surface area contributed by atoms with Crippen molar-refractivity contribution in [1.82, 2.24) is 0 Å². The lowest BCUT2D eigenvalue weighted by molar-refractivity contribution is 0.0148. The molecule has 0 amide bonds. The second-order valence-corrected chi connectivity index (χ2v) is 8.16. The Kier molecular flexibility index (Phi) is 3.22. The molecule has 2 aliphatic rings. The first kappa shape index (κ1) is 13.5. The molecular formula is C17H24OS. The van der Waals surface area contributed by atoms with E-state index in [1.165, 1.54) is 18.4 Å². The molecular weight excluding hydrogens is 252 g/mol. The molecule has 104 valence electrons. The summed E-state index contributed by atoms with van der Waals surface area (Å²) in [6, 6.07) is 10.6. The highest BCUT2D eigenvalue weighted by Crippen LogP contribution is 2.67. The quantitative estimate of drug-likeness (QED) is 0.896. The van der Waals surface area contributed by atoms with Crippen LogP contribution < -0.4 is 0 Å². The zero-order chi connectivity index (χ0) is 13.7. The Hall–Kier alpha value is -0.470. The zero-order valence-corrected chi connectivity index (χ0v) is 12.9. The van der Waals surface area contributed by atoms with Crippen molar-refractivity contribution in [1.29, 1.82) is 0 Å². The van der Waals surface area contributed by atoms with Gasteiger partial charge in [0.1, 0.15) is 0 Å². The summed E-state index contributed by atoms with van der Waals surface area (Å²) in [4.78, 5) is 0. The van der Waals surface area contributed by atoms with Crippen LogP contribution in [0.15, 0.2) is 30.3 Å². The number of aliphatic hydroxyl groups is 1. The van der Waals surface area contributed by atoms with Gasteiger partial charge in [0.05, 0.1) is 6.10 Å². The van der Waals surface area contributed by atoms with Crippen LogP contribution in [0.5, 0.6) is 0 Å². The van der Waals surface area contributed by atoms with E-state index in [4.69, 9.17) is 0 Å². The minimum Gasteiger partial charge on any atom is -0.391 e. The molecule has 1 aromatic rings. The Bertz CT molecular complexity index is 456. The number of rotatable bonds is 3.